The molecule has 0 bridgehead atoms. The van der Waals surface area contributed by atoms with Gasteiger partial charge in [0.15, 0.2) is 5.78 Å². The number of β-amino-alcohol motifs (C(OH)–C–C–N with tert-alkyl or cyclic N) is 1. The lowest BCUT2D eigenvalue weighted by atomic mass is 9.93. The van der Waals surface area contributed by atoms with Crippen molar-refractivity contribution in [1.29, 1.82) is 0 Å². The van der Waals surface area contributed by atoms with Crippen LogP contribution in [0.5, 0.6) is 0 Å². The van der Waals surface area contributed by atoms with Crippen molar-refractivity contribution in [2.24, 2.45) is 10.9 Å². The molecule has 1 fully saturated rings. The summed E-state index contributed by atoms with van der Waals surface area (Å²) in [7, 11) is 0. The number of carbonyl (C=O) groups is 3. The number of fused-ring (bicyclic) bond motifs is 2. The molecular formula is C32H33ClN4O5. The number of aliphatic hydroxyl groups is 2. The van der Waals surface area contributed by atoms with Gasteiger partial charge in [-0.15, -0.1) is 0 Å². The molecule has 1 atom stereocenters. The zero-order chi connectivity index (χ0) is 29.4. The Morgan fingerprint density at radius 3 is 2.57 bits per heavy atom. The summed E-state index contributed by atoms with van der Waals surface area (Å²) in [4.78, 5) is 47.9. The van der Waals surface area contributed by atoms with Crippen molar-refractivity contribution < 1.29 is 24.6 Å². The number of hydrogen-bond donors (Lipinski definition) is 3. The fourth-order valence-electron chi connectivity index (χ4n) is 6.21. The van der Waals surface area contributed by atoms with E-state index in [9.17, 15) is 24.6 Å². The van der Waals surface area contributed by atoms with Gasteiger partial charge in [0.05, 0.1) is 41.7 Å². The molecule has 0 unspecified atom stereocenters. The zero-order valence-corrected chi connectivity index (χ0v) is 23.9. The Hall–Kier alpha value is -3.63. The average molecular weight is 589 g/mol. The summed E-state index contributed by atoms with van der Waals surface area (Å²) in [6.45, 7) is 2.94. The molecule has 10 heteroatoms. The quantitative estimate of drug-likeness (QED) is 0.334. The number of carbonyl (C=O) groups excluding carboxylic acids is 3. The van der Waals surface area contributed by atoms with Crippen LogP contribution < -0.4 is 5.32 Å². The van der Waals surface area contributed by atoms with E-state index in [1.807, 2.05) is 0 Å². The van der Waals surface area contributed by atoms with Crippen LogP contribution in [0.2, 0.25) is 5.02 Å². The number of halogens is 1. The fraction of sp³-hybridized carbons (Fsp3) is 0.375. The SMILES string of the molecule is O=C1CC=CC(=NC[C@@H](O)c2cccc(Cl)c2)C1=C1Cc2cc3c(cc2N1)C(=O)N(CC1CCN(CCO)CC1)C3=O. The molecule has 4 aliphatic rings. The average Bonchev–Trinajstić information content (AvgIpc) is 3.49. The molecule has 1 aliphatic carbocycles. The molecule has 2 aromatic rings. The molecule has 1 saturated heterocycles. The number of aliphatic imine (C=N–C) groups is 1. The maximum Gasteiger partial charge on any atom is 0.261 e. The third-order valence-corrected chi connectivity index (χ3v) is 8.73. The van der Waals surface area contributed by atoms with Crippen molar-refractivity contribution in [3.63, 3.8) is 0 Å². The Balaban J connectivity index is 1.19. The summed E-state index contributed by atoms with van der Waals surface area (Å²) < 4.78 is 0. The largest absolute Gasteiger partial charge is 0.395 e. The molecule has 218 valence electrons. The van der Waals surface area contributed by atoms with Crippen molar-refractivity contribution in [2.75, 3.05) is 44.6 Å². The first-order valence-electron chi connectivity index (χ1n) is 14.4. The summed E-state index contributed by atoms with van der Waals surface area (Å²) in [5.41, 5.74) is 4.59. The predicted octanol–water partition coefficient (Wildman–Crippen LogP) is 3.57. The predicted molar refractivity (Wildman–Crippen MR) is 160 cm³/mol. The highest BCUT2D eigenvalue weighted by Gasteiger charge is 2.39. The summed E-state index contributed by atoms with van der Waals surface area (Å²) in [5, 5.41) is 23.7. The maximum atomic E-state index is 13.3. The second-order valence-electron chi connectivity index (χ2n) is 11.3. The van der Waals surface area contributed by atoms with Crippen molar-refractivity contribution >= 4 is 40.6 Å². The lowest BCUT2D eigenvalue weighted by molar-refractivity contribution is -0.114. The van der Waals surface area contributed by atoms with Gasteiger partial charge in [-0.05, 0) is 73.3 Å². The Kier molecular flexibility index (Phi) is 8.09. The normalized spacial score (nSPS) is 22.6. The van der Waals surface area contributed by atoms with E-state index in [0.29, 0.717) is 63.9 Å². The summed E-state index contributed by atoms with van der Waals surface area (Å²) in [5.74, 6) is -0.401. The van der Waals surface area contributed by atoms with Crippen molar-refractivity contribution in [3.8, 4) is 0 Å². The van der Waals surface area contributed by atoms with Crippen LogP contribution in [0.4, 0.5) is 5.69 Å². The van der Waals surface area contributed by atoms with E-state index >= 15 is 0 Å². The topological polar surface area (TPSA) is 123 Å². The number of allylic oxidation sites excluding steroid dienone is 4. The van der Waals surface area contributed by atoms with Crippen LogP contribution in [-0.2, 0) is 11.2 Å². The van der Waals surface area contributed by atoms with Crippen molar-refractivity contribution in [1.82, 2.24) is 9.80 Å². The number of piperidine rings is 1. The first-order chi connectivity index (χ1) is 20.3. The molecule has 3 heterocycles. The summed E-state index contributed by atoms with van der Waals surface area (Å²) in [6, 6.07) is 10.5. The van der Waals surface area contributed by atoms with Crippen LogP contribution in [0.15, 0.2) is 64.8 Å². The number of aliphatic hydroxyl groups excluding tert-OH is 2. The van der Waals surface area contributed by atoms with Gasteiger partial charge in [-0.2, -0.15) is 0 Å². The highest BCUT2D eigenvalue weighted by molar-refractivity contribution is 6.30. The van der Waals surface area contributed by atoms with E-state index in [1.54, 1.807) is 48.6 Å². The maximum absolute atomic E-state index is 13.3. The van der Waals surface area contributed by atoms with Crippen LogP contribution in [-0.4, -0.2) is 82.7 Å². The van der Waals surface area contributed by atoms with Crippen LogP contribution in [0, 0.1) is 5.92 Å². The van der Waals surface area contributed by atoms with Gasteiger partial charge >= 0.3 is 0 Å². The number of likely N-dealkylation sites (tertiary alicyclic amines) is 1. The van der Waals surface area contributed by atoms with Gasteiger partial charge in [0.25, 0.3) is 11.8 Å². The number of imide groups is 1. The molecular weight excluding hydrogens is 556 g/mol. The van der Waals surface area contributed by atoms with Gasteiger partial charge in [-0.1, -0.05) is 29.8 Å². The standard InChI is InChI=1S/C32H33ClN4O5/c33-22-4-1-3-20(13-22)29(40)17-34-25-5-2-6-28(39)30(25)27-15-21-14-23-24(16-26(21)35-27)32(42)37(31(23)41)18-19-7-9-36(10-8-19)11-12-38/h1-5,13-14,16,19,29,35,38,40H,6-12,15,17-18H2/t29-/m1/s1. The Morgan fingerprint density at radius 1 is 1.07 bits per heavy atom. The molecule has 3 N–H and O–H groups in total. The van der Waals surface area contributed by atoms with E-state index in [2.05, 4.69) is 15.2 Å². The second kappa shape index (κ2) is 11.9. The van der Waals surface area contributed by atoms with Gasteiger partial charge < -0.3 is 20.4 Å². The smallest absolute Gasteiger partial charge is 0.261 e. The minimum absolute atomic E-state index is 0.0601. The second-order valence-corrected chi connectivity index (χ2v) is 11.7. The number of rotatable bonds is 7. The minimum Gasteiger partial charge on any atom is -0.395 e. The number of nitrogens with zero attached hydrogens (tertiary/aromatic N) is 3. The highest BCUT2D eigenvalue weighted by Crippen LogP contribution is 2.37. The fourth-order valence-corrected chi connectivity index (χ4v) is 6.41. The highest BCUT2D eigenvalue weighted by atomic mass is 35.5. The van der Waals surface area contributed by atoms with E-state index in [4.69, 9.17) is 11.6 Å². The summed E-state index contributed by atoms with van der Waals surface area (Å²) in [6.07, 6.45) is 5.08. The molecule has 6 rings (SSSR count). The lowest BCUT2D eigenvalue weighted by Crippen LogP contribution is -2.41. The zero-order valence-electron chi connectivity index (χ0n) is 23.2. The molecule has 0 saturated carbocycles. The van der Waals surface area contributed by atoms with Crippen LogP contribution in [0.3, 0.4) is 0 Å². The first-order valence-corrected chi connectivity index (χ1v) is 14.7. The number of nitrogens with one attached hydrogen (secondary N) is 1. The third-order valence-electron chi connectivity index (χ3n) is 8.50. The number of benzene rings is 2. The van der Waals surface area contributed by atoms with Gasteiger partial charge in [0, 0.05) is 42.3 Å². The van der Waals surface area contributed by atoms with Gasteiger partial charge in [-0.25, -0.2) is 0 Å². The van der Waals surface area contributed by atoms with E-state index in [0.717, 1.165) is 31.5 Å². The van der Waals surface area contributed by atoms with Gasteiger partial charge in [0.2, 0.25) is 0 Å². The monoisotopic (exact) mass is 588 g/mol. The van der Waals surface area contributed by atoms with E-state index < -0.39 is 6.10 Å². The van der Waals surface area contributed by atoms with Crippen molar-refractivity contribution in [3.05, 3.63) is 87.1 Å². The van der Waals surface area contributed by atoms with E-state index in [-0.39, 0.29) is 43.1 Å². The third kappa shape index (κ3) is 5.57. The van der Waals surface area contributed by atoms with Crippen LogP contribution in [0.1, 0.15) is 57.2 Å². The first kappa shape index (κ1) is 28.5. The van der Waals surface area contributed by atoms with Gasteiger partial charge in [-0.3, -0.25) is 24.3 Å². The van der Waals surface area contributed by atoms with Crippen LogP contribution >= 0.6 is 11.6 Å². The lowest BCUT2D eigenvalue weighted by Gasteiger charge is -2.32. The Morgan fingerprint density at radius 2 is 1.83 bits per heavy atom. The van der Waals surface area contributed by atoms with Gasteiger partial charge in [0.1, 0.15) is 0 Å². The molecule has 42 heavy (non-hydrogen) atoms. The molecule has 2 amide bonds. The van der Waals surface area contributed by atoms with Crippen molar-refractivity contribution in [2.45, 2.75) is 31.8 Å². The molecule has 9 nitrogen and oxygen atoms in total. The summed E-state index contributed by atoms with van der Waals surface area (Å²) >= 11 is 6.06. The molecule has 2 aromatic carbocycles. The number of amides is 2. The van der Waals surface area contributed by atoms with Crippen LogP contribution in [0.25, 0.3) is 0 Å². The molecule has 0 spiro atoms. The molecule has 0 radical (unpaired) electrons. The Labute approximate surface area is 249 Å². The molecule has 0 aromatic heterocycles. The number of Topliss-reactive ketones (excluding diaryl/α,β-unsaturated/α-hetero) is 1. The minimum atomic E-state index is -0.877. The van der Waals surface area contributed by atoms with E-state index in [1.165, 1.54) is 4.90 Å². The Bertz CT molecular complexity index is 1490. The molecule has 3 aliphatic heterocycles. The number of hydrogen-bond acceptors (Lipinski definition) is 8. The number of ketones is 1. The number of anilines is 1.